The summed E-state index contributed by atoms with van der Waals surface area (Å²) in [5.41, 5.74) is 0.994. The van der Waals surface area contributed by atoms with E-state index in [9.17, 15) is 13.9 Å². The van der Waals surface area contributed by atoms with Gasteiger partial charge in [0.2, 0.25) is 0 Å². The Hall–Kier alpha value is -2.87. The van der Waals surface area contributed by atoms with Crippen LogP contribution in [0.3, 0.4) is 0 Å². The first-order chi connectivity index (χ1) is 11.6. The Kier molecular flexibility index (Phi) is 4.76. The van der Waals surface area contributed by atoms with Gasteiger partial charge in [-0.15, -0.1) is 0 Å². The second kappa shape index (κ2) is 7.14. The zero-order valence-electron chi connectivity index (χ0n) is 12.4. The van der Waals surface area contributed by atoms with E-state index < -0.39 is 12.7 Å². The molecule has 0 aliphatic heterocycles. The smallest absolute Gasteiger partial charge is 0.387 e. The number of anilines is 1. The molecular weight excluding hydrogens is 318 g/mol. The van der Waals surface area contributed by atoms with Crippen LogP contribution in [0.5, 0.6) is 5.75 Å². The average Bonchev–Trinajstić information content (AvgIpc) is 2.59. The number of rotatable bonds is 6. The number of halogens is 2. The summed E-state index contributed by atoms with van der Waals surface area (Å²) in [5, 5.41) is 14.0. The quantitative estimate of drug-likeness (QED) is 0.722. The maximum atomic E-state index is 12.3. The van der Waals surface area contributed by atoms with Crippen molar-refractivity contribution >= 4 is 16.9 Å². The Morgan fingerprint density at radius 1 is 1.12 bits per heavy atom. The van der Waals surface area contributed by atoms with Gasteiger partial charge in [-0.2, -0.15) is 8.78 Å². The third kappa shape index (κ3) is 3.72. The summed E-state index contributed by atoms with van der Waals surface area (Å²) in [6.45, 7) is -2.77. The number of aromatic nitrogens is 3. The van der Waals surface area contributed by atoms with E-state index >= 15 is 0 Å². The van der Waals surface area contributed by atoms with Crippen molar-refractivity contribution in [2.45, 2.75) is 12.7 Å². The molecule has 1 aromatic carbocycles. The third-order valence-electron chi connectivity index (χ3n) is 3.34. The lowest BCUT2D eigenvalue weighted by Crippen LogP contribution is -2.13. The van der Waals surface area contributed by atoms with Crippen molar-refractivity contribution in [1.29, 1.82) is 0 Å². The van der Waals surface area contributed by atoms with Crippen molar-refractivity contribution in [3.8, 4) is 5.75 Å². The molecule has 0 aliphatic carbocycles. The van der Waals surface area contributed by atoms with Crippen molar-refractivity contribution in [3.63, 3.8) is 0 Å². The fourth-order valence-electron chi connectivity index (χ4n) is 2.25. The van der Waals surface area contributed by atoms with Gasteiger partial charge in [0.1, 0.15) is 17.9 Å². The van der Waals surface area contributed by atoms with Crippen LogP contribution in [0.4, 0.5) is 14.6 Å². The molecule has 124 valence electrons. The van der Waals surface area contributed by atoms with Crippen molar-refractivity contribution in [1.82, 2.24) is 15.0 Å². The fourth-order valence-corrected chi connectivity index (χ4v) is 2.25. The molecule has 0 radical (unpaired) electrons. The highest BCUT2D eigenvalue weighted by Gasteiger charge is 2.12. The number of pyridine rings is 1. The topological polar surface area (TPSA) is 80.2 Å². The highest BCUT2D eigenvalue weighted by Crippen LogP contribution is 2.22. The summed E-state index contributed by atoms with van der Waals surface area (Å²) in [6.07, 6.45) is 2.08. The maximum absolute atomic E-state index is 12.3. The van der Waals surface area contributed by atoms with Gasteiger partial charge in [-0.1, -0.05) is 12.1 Å². The Morgan fingerprint density at radius 2 is 2.00 bits per heavy atom. The molecule has 0 spiro atoms. The second-order valence-corrected chi connectivity index (χ2v) is 4.94. The number of alkyl halides is 2. The van der Waals surface area contributed by atoms with Crippen molar-refractivity contribution < 1.29 is 18.6 Å². The molecule has 0 aliphatic rings. The number of ether oxygens (including phenoxy) is 1. The standard InChI is InChI=1S/C16H14F2N4O2/c17-16(18)24-11-4-1-3-10(7-11)13(23)8-20-15-12-5-2-6-19-14(12)21-9-22-15/h1-7,9,13,16,23H,8H2,(H,19,20,21,22). The molecule has 2 heterocycles. The minimum atomic E-state index is -2.91. The molecule has 0 fully saturated rings. The van der Waals surface area contributed by atoms with Crippen LogP contribution in [-0.2, 0) is 0 Å². The molecule has 1 unspecified atom stereocenters. The maximum Gasteiger partial charge on any atom is 0.387 e. The molecule has 2 aromatic heterocycles. The molecule has 0 saturated carbocycles. The number of aliphatic hydroxyl groups is 1. The van der Waals surface area contributed by atoms with Crippen LogP contribution in [0.2, 0.25) is 0 Å². The summed E-state index contributed by atoms with van der Waals surface area (Å²) >= 11 is 0. The molecule has 3 rings (SSSR count). The van der Waals surface area contributed by atoms with Gasteiger partial charge in [0.25, 0.3) is 0 Å². The number of nitrogens with zero attached hydrogens (tertiary/aromatic N) is 3. The molecule has 0 amide bonds. The molecular formula is C16H14F2N4O2. The van der Waals surface area contributed by atoms with E-state index in [-0.39, 0.29) is 12.3 Å². The predicted molar refractivity (Wildman–Crippen MR) is 83.9 cm³/mol. The van der Waals surface area contributed by atoms with Crippen LogP contribution in [-0.4, -0.2) is 33.2 Å². The van der Waals surface area contributed by atoms with Crippen LogP contribution >= 0.6 is 0 Å². The van der Waals surface area contributed by atoms with E-state index in [2.05, 4.69) is 25.0 Å². The van der Waals surface area contributed by atoms with E-state index in [0.29, 0.717) is 17.0 Å². The lowest BCUT2D eigenvalue weighted by molar-refractivity contribution is -0.0499. The highest BCUT2D eigenvalue weighted by molar-refractivity contribution is 5.85. The van der Waals surface area contributed by atoms with E-state index in [0.717, 1.165) is 5.39 Å². The first-order valence-corrected chi connectivity index (χ1v) is 7.16. The SMILES string of the molecule is OC(CNc1ncnc2ncccc12)c1cccc(OC(F)F)c1. The van der Waals surface area contributed by atoms with Crippen LogP contribution in [0.25, 0.3) is 11.0 Å². The van der Waals surface area contributed by atoms with E-state index in [1.807, 2.05) is 6.07 Å². The van der Waals surface area contributed by atoms with Gasteiger partial charge in [-0.3, -0.25) is 0 Å². The lowest BCUT2D eigenvalue weighted by atomic mass is 10.1. The van der Waals surface area contributed by atoms with E-state index in [1.54, 1.807) is 24.4 Å². The Bertz CT molecular complexity index is 827. The molecule has 2 N–H and O–H groups in total. The number of hydrogen-bond donors (Lipinski definition) is 2. The minimum absolute atomic E-state index is 0.00163. The molecule has 1 atom stereocenters. The van der Waals surface area contributed by atoms with Gasteiger partial charge in [-0.05, 0) is 29.8 Å². The normalized spacial score (nSPS) is 12.3. The van der Waals surface area contributed by atoms with Gasteiger partial charge >= 0.3 is 6.61 Å². The van der Waals surface area contributed by atoms with Gasteiger partial charge in [0.05, 0.1) is 11.5 Å². The highest BCUT2D eigenvalue weighted by atomic mass is 19.3. The van der Waals surface area contributed by atoms with Crippen molar-refractivity contribution in [2.24, 2.45) is 0 Å². The van der Waals surface area contributed by atoms with Crippen LogP contribution < -0.4 is 10.1 Å². The van der Waals surface area contributed by atoms with Gasteiger partial charge in [0, 0.05) is 12.7 Å². The number of hydrogen-bond acceptors (Lipinski definition) is 6. The monoisotopic (exact) mass is 332 g/mol. The number of aliphatic hydroxyl groups excluding tert-OH is 1. The molecule has 8 heteroatoms. The molecule has 0 saturated heterocycles. The summed E-state index contributed by atoms with van der Waals surface area (Å²) in [7, 11) is 0. The fraction of sp³-hybridized carbons (Fsp3) is 0.188. The van der Waals surface area contributed by atoms with Gasteiger partial charge < -0.3 is 15.2 Å². The number of fused-ring (bicyclic) bond motifs is 1. The number of nitrogens with one attached hydrogen (secondary N) is 1. The zero-order valence-corrected chi connectivity index (χ0v) is 12.4. The number of benzene rings is 1. The summed E-state index contributed by atoms with van der Waals surface area (Å²) < 4.78 is 28.8. The summed E-state index contributed by atoms with van der Waals surface area (Å²) in [6, 6.07) is 9.52. The van der Waals surface area contributed by atoms with Gasteiger partial charge in [-0.25, -0.2) is 15.0 Å². The molecule has 0 bridgehead atoms. The van der Waals surface area contributed by atoms with Crippen LogP contribution in [0.15, 0.2) is 48.9 Å². The summed E-state index contributed by atoms with van der Waals surface area (Å²) in [4.78, 5) is 12.3. The average molecular weight is 332 g/mol. The largest absolute Gasteiger partial charge is 0.435 e. The van der Waals surface area contributed by atoms with E-state index in [1.165, 1.54) is 18.5 Å². The van der Waals surface area contributed by atoms with E-state index in [4.69, 9.17) is 0 Å². The Balaban J connectivity index is 1.72. The third-order valence-corrected chi connectivity index (χ3v) is 3.34. The summed E-state index contributed by atoms with van der Waals surface area (Å²) in [5.74, 6) is 0.533. The first-order valence-electron chi connectivity index (χ1n) is 7.16. The van der Waals surface area contributed by atoms with Gasteiger partial charge in [0.15, 0.2) is 5.65 Å². The second-order valence-electron chi connectivity index (χ2n) is 4.94. The zero-order chi connectivity index (χ0) is 16.9. The molecule has 3 aromatic rings. The Labute approximate surface area is 136 Å². The minimum Gasteiger partial charge on any atom is -0.435 e. The first kappa shape index (κ1) is 16.0. The van der Waals surface area contributed by atoms with Crippen molar-refractivity contribution in [3.05, 3.63) is 54.5 Å². The van der Waals surface area contributed by atoms with Crippen molar-refractivity contribution in [2.75, 3.05) is 11.9 Å². The van der Waals surface area contributed by atoms with Crippen LogP contribution in [0, 0.1) is 0 Å². The van der Waals surface area contributed by atoms with Crippen LogP contribution in [0.1, 0.15) is 11.7 Å². The molecule has 6 nitrogen and oxygen atoms in total. The Morgan fingerprint density at radius 3 is 2.83 bits per heavy atom. The molecule has 24 heavy (non-hydrogen) atoms. The lowest BCUT2D eigenvalue weighted by Gasteiger charge is -2.14. The predicted octanol–water partition coefficient (Wildman–Crippen LogP) is 2.77.